The SMILES string of the molecule is CCC1CN(C(C)c2ccc(CN)cc2)C1. The highest BCUT2D eigenvalue weighted by Crippen LogP contribution is 2.29. The van der Waals surface area contributed by atoms with E-state index in [2.05, 4.69) is 43.0 Å². The number of hydrogen-bond donors (Lipinski definition) is 1. The number of nitrogens with zero attached hydrogens (tertiary/aromatic N) is 1. The van der Waals surface area contributed by atoms with Crippen molar-refractivity contribution in [1.82, 2.24) is 4.90 Å². The smallest absolute Gasteiger partial charge is 0.0320 e. The number of nitrogens with two attached hydrogens (primary N) is 1. The summed E-state index contributed by atoms with van der Waals surface area (Å²) >= 11 is 0. The second kappa shape index (κ2) is 4.98. The molecule has 0 aliphatic carbocycles. The van der Waals surface area contributed by atoms with Gasteiger partial charge in [0.15, 0.2) is 0 Å². The van der Waals surface area contributed by atoms with Crippen LogP contribution < -0.4 is 5.73 Å². The van der Waals surface area contributed by atoms with Gasteiger partial charge in [-0.1, -0.05) is 37.6 Å². The standard InChI is InChI=1S/C14H22N2/c1-3-12-9-16(10-12)11(2)14-6-4-13(8-15)5-7-14/h4-7,11-12H,3,8-10,15H2,1-2H3. The van der Waals surface area contributed by atoms with Crippen LogP contribution in [0.5, 0.6) is 0 Å². The predicted octanol–water partition coefficient (Wildman–Crippen LogP) is 2.55. The lowest BCUT2D eigenvalue weighted by atomic mass is 9.93. The van der Waals surface area contributed by atoms with Crippen molar-refractivity contribution >= 4 is 0 Å². The van der Waals surface area contributed by atoms with Crippen LogP contribution in [0, 0.1) is 5.92 Å². The van der Waals surface area contributed by atoms with Gasteiger partial charge in [-0.05, 0) is 24.0 Å². The molecular formula is C14H22N2. The third-order valence-corrected chi connectivity index (χ3v) is 3.81. The lowest BCUT2D eigenvalue weighted by Gasteiger charge is -2.43. The Kier molecular flexibility index (Phi) is 3.62. The third kappa shape index (κ3) is 2.28. The van der Waals surface area contributed by atoms with Crippen LogP contribution in [0.25, 0.3) is 0 Å². The molecule has 2 rings (SSSR count). The normalized spacial score (nSPS) is 19.4. The monoisotopic (exact) mass is 218 g/mol. The van der Waals surface area contributed by atoms with Crippen LogP contribution in [-0.2, 0) is 6.54 Å². The van der Waals surface area contributed by atoms with Crippen LogP contribution in [-0.4, -0.2) is 18.0 Å². The minimum absolute atomic E-state index is 0.551. The van der Waals surface area contributed by atoms with Crippen molar-refractivity contribution in [3.05, 3.63) is 35.4 Å². The zero-order valence-electron chi connectivity index (χ0n) is 10.3. The van der Waals surface area contributed by atoms with Crippen molar-refractivity contribution in [3.63, 3.8) is 0 Å². The molecule has 1 aromatic rings. The Labute approximate surface area is 98.4 Å². The van der Waals surface area contributed by atoms with Crippen molar-refractivity contribution in [2.75, 3.05) is 13.1 Å². The van der Waals surface area contributed by atoms with Gasteiger partial charge in [0.1, 0.15) is 0 Å². The molecule has 0 radical (unpaired) electrons. The fourth-order valence-corrected chi connectivity index (χ4v) is 2.33. The molecule has 0 spiro atoms. The molecule has 0 bridgehead atoms. The Balaban J connectivity index is 1.96. The first kappa shape index (κ1) is 11.6. The van der Waals surface area contributed by atoms with E-state index in [9.17, 15) is 0 Å². The maximum Gasteiger partial charge on any atom is 0.0320 e. The second-order valence-electron chi connectivity index (χ2n) is 4.85. The molecule has 1 aliphatic rings. The number of hydrogen-bond acceptors (Lipinski definition) is 2. The highest BCUT2D eigenvalue weighted by atomic mass is 15.2. The van der Waals surface area contributed by atoms with Crippen molar-refractivity contribution in [2.45, 2.75) is 32.9 Å². The van der Waals surface area contributed by atoms with E-state index in [1.165, 1.54) is 30.6 Å². The summed E-state index contributed by atoms with van der Waals surface area (Å²) in [6.45, 7) is 7.73. The first-order chi connectivity index (χ1) is 7.74. The quantitative estimate of drug-likeness (QED) is 0.841. The van der Waals surface area contributed by atoms with E-state index in [-0.39, 0.29) is 0 Å². The predicted molar refractivity (Wildman–Crippen MR) is 68.1 cm³/mol. The summed E-state index contributed by atoms with van der Waals surface area (Å²) in [6, 6.07) is 9.26. The van der Waals surface area contributed by atoms with Gasteiger partial charge >= 0.3 is 0 Å². The summed E-state index contributed by atoms with van der Waals surface area (Å²) in [6.07, 6.45) is 1.31. The van der Waals surface area contributed by atoms with Crippen molar-refractivity contribution < 1.29 is 0 Å². The molecule has 1 atom stereocenters. The van der Waals surface area contributed by atoms with E-state index in [4.69, 9.17) is 5.73 Å². The Morgan fingerprint density at radius 2 is 1.94 bits per heavy atom. The fraction of sp³-hybridized carbons (Fsp3) is 0.571. The lowest BCUT2D eigenvalue weighted by Crippen LogP contribution is -2.47. The van der Waals surface area contributed by atoms with Crippen LogP contribution in [0.2, 0.25) is 0 Å². The summed E-state index contributed by atoms with van der Waals surface area (Å²) in [7, 11) is 0. The van der Waals surface area contributed by atoms with Crippen molar-refractivity contribution in [2.24, 2.45) is 11.7 Å². The molecule has 1 heterocycles. The lowest BCUT2D eigenvalue weighted by molar-refractivity contribution is 0.0577. The largest absolute Gasteiger partial charge is 0.326 e. The number of rotatable bonds is 4. The minimum Gasteiger partial charge on any atom is -0.326 e. The van der Waals surface area contributed by atoms with E-state index in [1.807, 2.05) is 0 Å². The average Bonchev–Trinajstić information content (AvgIpc) is 2.27. The number of likely N-dealkylation sites (tertiary alicyclic amines) is 1. The molecular weight excluding hydrogens is 196 g/mol. The first-order valence-electron chi connectivity index (χ1n) is 6.27. The van der Waals surface area contributed by atoms with Gasteiger partial charge in [0.25, 0.3) is 0 Å². The molecule has 16 heavy (non-hydrogen) atoms. The highest BCUT2D eigenvalue weighted by Gasteiger charge is 2.29. The molecule has 88 valence electrons. The Morgan fingerprint density at radius 3 is 2.44 bits per heavy atom. The fourth-order valence-electron chi connectivity index (χ4n) is 2.33. The van der Waals surface area contributed by atoms with Crippen LogP contribution in [0.3, 0.4) is 0 Å². The van der Waals surface area contributed by atoms with Gasteiger partial charge in [0, 0.05) is 25.7 Å². The molecule has 2 nitrogen and oxygen atoms in total. The molecule has 1 unspecified atom stereocenters. The maximum atomic E-state index is 5.60. The molecule has 1 aliphatic heterocycles. The van der Waals surface area contributed by atoms with E-state index in [0.29, 0.717) is 12.6 Å². The van der Waals surface area contributed by atoms with Crippen LogP contribution in [0.1, 0.15) is 37.4 Å². The van der Waals surface area contributed by atoms with E-state index in [1.54, 1.807) is 0 Å². The van der Waals surface area contributed by atoms with E-state index < -0.39 is 0 Å². The summed E-state index contributed by atoms with van der Waals surface area (Å²) in [4.78, 5) is 2.55. The zero-order valence-corrected chi connectivity index (χ0v) is 10.3. The molecule has 0 aromatic heterocycles. The molecule has 1 fully saturated rings. The average molecular weight is 218 g/mol. The highest BCUT2D eigenvalue weighted by molar-refractivity contribution is 5.25. The second-order valence-corrected chi connectivity index (χ2v) is 4.85. The van der Waals surface area contributed by atoms with Gasteiger partial charge in [0.05, 0.1) is 0 Å². The van der Waals surface area contributed by atoms with Gasteiger partial charge in [-0.25, -0.2) is 0 Å². The van der Waals surface area contributed by atoms with E-state index in [0.717, 1.165) is 5.92 Å². The number of benzene rings is 1. The topological polar surface area (TPSA) is 29.3 Å². The molecule has 2 N–H and O–H groups in total. The molecule has 0 amide bonds. The maximum absolute atomic E-state index is 5.60. The minimum atomic E-state index is 0.551. The Bertz CT molecular complexity index is 325. The van der Waals surface area contributed by atoms with Crippen molar-refractivity contribution in [1.29, 1.82) is 0 Å². The van der Waals surface area contributed by atoms with Gasteiger partial charge in [-0.2, -0.15) is 0 Å². The summed E-state index contributed by atoms with van der Waals surface area (Å²) in [5.74, 6) is 0.922. The van der Waals surface area contributed by atoms with E-state index >= 15 is 0 Å². The Morgan fingerprint density at radius 1 is 1.31 bits per heavy atom. The van der Waals surface area contributed by atoms with Gasteiger partial charge in [-0.3, -0.25) is 4.90 Å². The van der Waals surface area contributed by atoms with Gasteiger partial charge < -0.3 is 5.73 Å². The van der Waals surface area contributed by atoms with Crippen LogP contribution in [0.4, 0.5) is 0 Å². The third-order valence-electron chi connectivity index (χ3n) is 3.81. The first-order valence-corrected chi connectivity index (χ1v) is 6.27. The summed E-state index contributed by atoms with van der Waals surface area (Å²) in [5, 5.41) is 0. The van der Waals surface area contributed by atoms with Crippen molar-refractivity contribution in [3.8, 4) is 0 Å². The summed E-state index contributed by atoms with van der Waals surface area (Å²) in [5.41, 5.74) is 8.22. The Hall–Kier alpha value is -0.860. The summed E-state index contributed by atoms with van der Waals surface area (Å²) < 4.78 is 0. The van der Waals surface area contributed by atoms with Crippen LogP contribution >= 0.6 is 0 Å². The molecule has 1 aromatic carbocycles. The van der Waals surface area contributed by atoms with Gasteiger partial charge in [0.2, 0.25) is 0 Å². The molecule has 1 saturated heterocycles. The van der Waals surface area contributed by atoms with Gasteiger partial charge in [-0.15, -0.1) is 0 Å². The molecule has 2 heteroatoms. The van der Waals surface area contributed by atoms with Crippen LogP contribution in [0.15, 0.2) is 24.3 Å². The zero-order chi connectivity index (χ0) is 11.5. The molecule has 0 saturated carbocycles.